The molecule has 0 saturated carbocycles. The van der Waals surface area contributed by atoms with Gasteiger partial charge in [0.15, 0.2) is 0 Å². The Morgan fingerprint density at radius 1 is 1.33 bits per heavy atom. The van der Waals surface area contributed by atoms with E-state index in [4.69, 9.17) is 8.23 Å². The van der Waals surface area contributed by atoms with Gasteiger partial charge in [0.25, 0.3) is 10.0 Å². The van der Waals surface area contributed by atoms with Crippen molar-refractivity contribution < 1.29 is 8.23 Å². The van der Waals surface area contributed by atoms with Crippen molar-refractivity contribution in [3.8, 4) is 0 Å². The molecule has 0 spiro atoms. The van der Waals surface area contributed by atoms with E-state index in [1.165, 1.54) is 0 Å². The third-order valence-corrected chi connectivity index (χ3v) is 6.23. The van der Waals surface area contributed by atoms with Gasteiger partial charge in [0.2, 0.25) is 0 Å². The summed E-state index contributed by atoms with van der Waals surface area (Å²) in [4.78, 5) is 0. The van der Waals surface area contributed by atoms with Crippen molar-refractivity contribution >= 4 is 19.5 Å². The standard InChI is InChI=1S/C4H13NO2Si2/c1-3-5(4-2)9-6-8-7-9/h9H,3-4,8H2,1-2H3. The predicted molar refractivity (Wildman–Crippen MR) is 40.8 cm³/mol. The molecule has 0 aromatic carbocycles. The molecule has 0 bridgehead atoms. The molecule has 0 N–H and O–H groups in total. The van der Waals surface area contributed by atoms with E-state index in [9.17, 15) is 0 Å². The molecule has 0 unspecified atom stereocenters. The lowest BCUT2D eigenvalue weighted by molar-refractivity contribution is 0.226. The predicted octanol–water partition coefficient (Wildman–Crippen LogP) is -0.909. The zero-order chi connectivity index (χ0) is 6.69. The molecule has 0 radical (unpaired) electrons. The van der Waals surface area contributed by atoms with Gasteiger partial charge in [-0.05, 0) is 13.1 Å². The second-order valence-electron chi connectivity index (χ2n) is 1.98. The Hall–Kier alpha value is 0.314. The molecule has 54 valence electrons. The van der Waals surface area contributed by atoms with E-state index in [0.717, 1.165) is 13.1 Å². The summed E-state index contributed by atoms with van der Waals surface area (Å²) in [7, 11) is -1.70. The monoisotopic (exact) mass is 163 g/mol. The molecule has 0 aromatic heterocycles. The van der Waals surface area contributed by atoms with E-state index in [-0.39, 0.29) is 0 Å². The van der Waals surface area contributed by atoms with Gasteiger partial charge in [0.05, 0.1) is 0 Å². The number of hydrogen-bond donors (Lipinski definition) is 0. The Morgan fingerprint density at radius 3 is 2.00 bits per heavy atom. The molecule has 1 aliphatic heterocycles. The van der Waals surface area contributed by atoms with E-state index >= 15 is 0 Å². The fourth-order valence-electron chi connectivity index (χ4n) is 0.861. The lowest BCUT2D eigenvalue weighted by atomic mass is 10.7. The van der Waals surface area contributed by atoms with Crippen LogP contribution >= 0.6 is 0 Å². The van der Waals surface area contributed by atoms with Crippen LogP contribution in [0.1, 0.15) is 13.8 Å². The first-order valence-electron chi connectivity index (χ1n) is 3.35. The molecule has 9 heavy (non-hydrogen) atoms. The minimum absolute atomic E-state index is 0.484. The van der Waals surface area contributed by atoms with Gasteiger partial charge in [-0.25, -0.2) is 0 Å². The normalized spacial score (nSPS) is 29.0. The minimum atomic E-state index is -1.22. The highest BCUT2D eigenvalue weighted by Gasteiger charge is 2.27. The third-order valence-electron chi connectivity index (χ3n) is 1.53. The van der Waals surface area contributed by atoms with E-state index in [0.29, 0.717) is 0 Å². The van der Waals surface area contributed by atoms with E-state index in [1.807, 2.05) is 0 Å². The smallest absolute Gasteiger partial charge is 0.392 e. The Bertz CT molecular complexity index is 84.6. The second-order valence-corrected chi connectivity index (χ2v) is 6.23. The van der Waals surface area contributed by atoms with Gasteiger partial charge in [0, 0.05) is 0 Å². The molecule has 5 heteroatoms. The molecule has 1 fully saturated rings. The van der Waals surface area contributed by atoms with Crippen LogP contribution in [-0.2, 0) is 8.23 Å². The summed E-state index contributed by atoms with van der Waals surface area (Å²) in [5.74, 6) is 0. The highest BCUT2D eigenvalue weighted by molar-refractivity contribution is 6.62. The molecule has 1 saturated heterocycles. The van der Waals surface area contributed by atoms with Crippen LogP contribution in [0.5, 0.6) is 0 Å². The number of rotatable bonds is 3. The summed E-state index contributed by atoms with van der Waals surface area (Å²) in [5, 5.41) is 0. The maximum absolute atomic E-state index is 5.36. The first-order valence-corrected chi connectivity index (χ1v) is 5.97. The van der Waals surface area contributed by atoms with Crippen LogP contribution in [0.2, 0.25) is 0 Å². The SMILES string of the molecule is CCN(CC)[SiH]1O[SiH2]O1. The van der Waals surface area contributed by atoms with Crippen LogP contribution in [0.25, 0.3) is 0 Å². The molecule has 0 aliphatic carbocycles. The van der Waals surface area contributed by atoms with Gasteiger partial charge in [-0.1, -0.05) is 13.8 Å². The summed E-state index contributed by atoms with van der Waals surface area (Å²) in [5.41, 5.74) is 0. The molecular formula is C4H13NO2Si2. The van der Waals surface area contributed by atoms with E-state index in [1.54, 1.807) is 0 Å². The Balaban J connectivity index is 2.19. The molecule has 0 atom stereocenters. The van der Waals surface area contributed by atoms with Gasteiger partial charge in [-0.15, -0.1) is 0 Å². The average Bonchev–Trinajstić information content (AvgIpc) is 1.78. The maximum atomic E-state index is 5.36. The maximum Gasteiger partial charge on any atom is 0.392 e. The van der Waals surface area contributed by atoms with Gasteiger partial charge in [-0.2, -0.15) is 0 Å². The molecule has 0 aromatic rings. The number of hydrogen-bond acceptors (Lipinski definition) is 3. The van der Waals surface area contributed by atoms with Crippen molar-refractivity contribution in [3.05, 3.63) is 0 Å². The fourth-order valence-corrected chi connectivity index (χ4v) is 4.18. The third kappa shape index (κ3) is 1.62. The minimum Gasteiger partial charge on any atom is -0.410 e. The van der Waals surface area contributed by atoms with Crippen LogP contribution in [0, 0.1) is 0 Å². The summed E-state index contributed by atoms with van der Waals surface area (Å²) in [6, 6.07) is 0. The molecule has 3 nitrogen and oxygen atoms in total. The van der Waals surface area contributed by atoms with Crippen molar-refractivity contribution in [2.24, 2.45) is 0 Å². The Labute approximate surface area is 59.9 Å². The van der Waals surface area contributed by atoms with Crippen molar-refractivity contribution in [1.82, 2.24) is 4.57 Å². The van der Waals surface area contributed by atoms with Gasteiger partial charge in [0.1, 0.15) is 0 Å². The second kappa shape index (κ2) is 3.47. The van der Waals surface area contributed by atoms with Crippen LogP contribution < -0.4 is 0 Å². The summed E-state index contributed by atoms with van der Waals surface area (Å²) in [6.45, 7) is 6.43. The van der Waals surface area contributed by atoms with Gasteiger partial charge in [-0.3, -0.25) is 4.57 Å². The zero-order valence-corrected chi connectivity index (χ0v) is 8.53. The first-order chi connectivity index (χ1) is 4.38. The molecule has 0 amide bonds. The first kappa shape index (κ1) is 7.42. The number of nitrogens with zero attached hydrogens (tertiary/aromatic N) is 1. The van der Waals surface area contributed by atoms with Crippen LogP contribution in [0.15, 0.2) is 0 Å². The van der Waals surface area contributed by atoms with Gasteiger partial charge >= 0.3 is 9.45 Å². The van der Waals surface area contributed by atoms with E-state index in [2.05, 4.69) is 18.4 Å². The summed E-state index contributed by atoms with van der Waals surface area (Å²) < 4.78 is 13.0. The van der Waals surface area contributed by atoms with Crippen LogP contribution in [0.3, 0.4) is 0 Å². The highest BCUT2D eigenvalue weighted by Crippen LogP contribution is 2.04. The van der Waals surface area contributed by atoms with Crippen molar-refractivity contribution in [1.29, 1.82) is 0 Å². The van der Waals surface area contributed by atoms with Gasteiger partial charge < -0.3 is 8.23 Å². The molecular weight excluding hydrogens is 150 g/mol. The topological polar surface area (TPSA) is 21.7 Å². The Kier molecular flexibility index (Phi) is 2.86. The zero-order valence-electron chi connectivity index (χ0n) is 5.96. The molecule has 1 heterocycles. The summed E-state index contributed by atoms with van der Waals surface area (Å²) in [6.07, 6.45) is 0. The largest absolute Gasteiger partial charge is 0.410 e. The van der Waals surface area contributed by atoms with Crippen LogP contribution in [0.4, 0.5) is 0 Å². The fraction of sp³-hybridized carbons (Fsp3) is 1.00. The molecule has 1 rings (SSSR count). The summed E-state index contributed by atoms with van der Waals surface area (Å²) >= 11 is 0. The van der Waals surface area contributed by atoms with Crippen molar-refractivity contribution in [3.63, 3.8) is 0 Å². The van der Waals surface area contributed by atoms with E-state index < -0.39 is 19.5 Å². The van der Waals surface area contributed by atoms with Crippen molar-refractivity contribution in [2.45, 2.75) is 13.8 Å². The Morgan fingerprint density at radius 2 is 1.89 bits per heavy atom. The quantitative estimate of drug-likeness (QED) is 0.503. The lowest BCUT2D eigenvalue weighted by Gasteiger charge is -2.33. The molecule has 1 aliphatic rings. The lowest BCUT2D eigenvalue weighted by Crippen LogP contribution is -2.53. The highest BCUT2D eigenvalue weighted by atomic mass is 28.4. The van der Waals surface area contributed by atoms with Crippen LogP contribution in [-0.4, -0.2) is 37.1 Å². The van der Waals surface area contributed by atoms with Crippen molar-refractivity contribution in [2.75, 3.05) is 13.1 Å². The average molecular weight is 163 g/mol.